The summed E-state index contributed by atoms with van der Waals surface area (Å²) in [6.45, 7) is 7.69. The van der Waals surface area contributed by atoms with E-state index < -0.39 is 6.10 Å². The van der Waals surface area contributed by atoms with Gasteiger partial charge in [-0.1, -0.05) is 48.0 Å². The van der Waals surface area contributed by atoms with Gasteiger partial charge in [0.1, 0.15) is 0 Å². The molecule has 0 saturated heterocycles. The summed E-state index contributed by atoms with van der Waals surface area (Å²) in [6, 6.07) is 13.9. The van der Waals surface area contributed by atoms with Crippen LogP contribution in [0.4, 0.5) is 10.8 Å². The quantitative estimate of drug-likeness (QED) is 0.525. The van der Waals surface area contributed by atoms with Crippen LogP contribution in [0.3, 0.4) is 0 Å². The first kappa shape index (κ1) is 21.6. The summed E-state index contributed by atoms with van der Waals surface area (Å²) in [5.74, 6) is 1.25. The van der Waals surface area contributed by atoms with Gasteiger partial charge in [0.05, 0.1) is 17.5 Å². The highest BCUT2D eigenvalue weighted by molar-refractivity contribution is 7.98. The van der Waals surface area contributed by atoms with E-state index in [4.69, 9.17) is 4.98 Å². The minimum Gasteiger partial charge on any atom is -0.388 e. The number of anilines is 2. The van der Waals surface area contributed by atoms with Crippen LogP contribution in [0.2, 0.25) is 0 Å². The number of aliphatic hydroxyl groups excluding tert-OH is 1. The van der Waals surface area contributed by atoms with Crippen molar-refractivity contribution in [2.24, 2.45) is 0 Å². The zero-order valence-corrected chi connectivity index (χ0v) is 18.8. The number of rotatable bonds is 7. The summed E-state index contributed by atoms with van der Waals surface area (Å²) in [7, 11) is 0. The molecular weight excluding hydrogens is 400 g/mol. The van der Waals surface area contributed by atoms with Crippen molar-refractivity contribution in [1.82, 2.24) is 4.98 Å². The minimum absolute atomic E-state index is 0.0481. The lowest BCUT2D eigenvalue weighted by molar-refractivity contribution is -0.115. The molecule has 4 nitrogen and oxygen atoms in total. The fourth-order valence-corrected chi connectivity index (χ4v) is 5.29. The molecular formula is C23H26N2O2S2. The van der Waals surface area contributed by atoms with E-state index in [0.717, 1.165) is 28.1 Å². The topological polar surface area (TPSA) is 53.4 Å². The molecule has 2 aromatic carbocycles. The first-order valence-electron chi connectivity index (χ1n) is 9.50. The van der Waals surface area contributed by atoms with Crippen LogP contribution in [0.1, 0.15) is 41.0 Å². The van der Waals surface area contributed by atoms with Crippen LogP contribution in [-0.4, -0.2) is 21.8 Å². The monoisotopic (exact) mass is 426 g/mol. The van der Waals surface area contributed by atoms with Gasteiger partial charge in [-0.15, -0.1) is 11.3 Å². The highest BCUT2D eigenvalue weighted by atomic mass is 32.2. The number of thiazole rings is 1. The predicted molar refractivity (Wildman–Crippen MR) is 123 cm³/mol. The van der Waals surface area contributed by atoms with Crippen molar-refractivity contribution in [3.05, 3.63) is 75.8 Å². The van der Waals surface area contributed by atoms with Crippen LogP contribution >= 0.6 is 23.1 Å². The van der Waals surface area contributed by atoms with Gasteiger partial charge in [0.15, 0.2) is 5.13 Å². The van der Waals surface area contributed by atoms with Crippen molar-refractivity contribution >= 4 is 39.8 Å². The van der Waals surface area contributed by atoms with Gasteiger partial charge in [-0.3, -0.25) is 9.69 Å². The van der Waals surface area contributed by atoms with E-state index in [1.807, 2.05) is 49.6 Å². The molecule has 3 aromatic rings. The SMILES string of the molecule is CC(=O)N(c1nc(CSCC(O)c2ccccc2)cs1)c1c(C)cc(C)cc1C. The molecule has 0 bridgehead atoms. The number of nitrogens with zero attached hydrogens (tertiary/aromatic N) is 2. The number of aliphatic hydroxyl groups is 1. The van der Waals surface area contributed by atoms with Crippen LogP contribution in [0, 0.1) is 20.8 Å². The van der Waals surface area contributed by atoms with Gasteiger partial charge in [0.2, 0.25) is 5.91 Å². The molecule has 152 valence electrons. The maximum absolute atomic E-state index is 12.5. The molecule has 1 N–H and O–H groups in total. The number of hydrogen-bond donors (Lipinski definition) is 1. The Kier molecular flexibility index (Phi) is 7.11. The Labute approximate surface area is 180 Å². The Morgan fingerprint density at radius 1 is 1.17 bits per heavy atom. The summed E-state index contributed by atoms with van der Waals surface area (Å²) in [6.07, 6.45) is -0.495. The third-order valence-electron chi connectivity index (χ3n) is 4.61. The first-order chi connectivity index (χ1) is 13.9. The van der Waals surface area contributed by atoms with Gasteiger partial charge in [0, 0.05) is 23.8 Å². The zero-order valence-electron chi connectivity index (χ0n) is 17.2. The molecule has 1 unspecified atom stereocenters. The summed E-state index contributed by atoms with van der Waals surface area (Å²) in [4.78, 5) is 18.9. The molecule has 1 heterocycles. The summed E-state index contributed by atoms with van der Waals surface area (Å²) >= 11 is 3.11. The molecule has 1 amide bonds. The summed E-state index contributed by atoms with van der Waals surface area (Å²) in [5, 5.41) is 13.0. The van der Waals surface area contributed by atoms with E-state index in [1.165, 1.54) is 16.9 Å². The minimum atomic E-state index is -0.495. The fourth-order valence-electron chi connectivity index (χ4n) is 3.42. The maximum atomic E-state index is 12.5. The van der Waals surface area contributed by atoms with Gasteiger partial charge >= 0.3 is 0 Å². The highest BCUT2D eigenvalue weighted by Crippen LogP contribution is 2.35. The third-order valence-corrected chi connectivity index (χ3v) is 6.54. The summed E-state index contributed by atoms with van der Waals surface area (Å²) < 4.78 is 0. The molecule has 0 saturated carbocycles. The summed E-state index contributed by atoms with van der Waals surface area (Å²) in [5.41, 5.74) is 6.07. The number of amides is 1. The van der Waals surface area contributed by atoms with E-state index in [-0.39, 0.29) is 5.91 Å². The van der Waals surface area contributed by atoms with E-state index in [1.54, 1.807) is 23.6 Å². The van der Waals surface area contributed by atoms with Crippen LogP contribution in [0.25, 0.3) is 0 Å². The Balaban J connectivity index is 1.71. The lowest BCUT2D eigenvalue weighted by Gasteiger charge is -2.23. The number of aryl methyl sites for hydroxylation is 3. The normalized spacial score (nSPS) is 12.0. The third kappa shape index (κ3) is 5.26. The van der Waals surface area contributed by atoms with Crippen molar-refractivity contribution in [1.29, 1.82) is 0 Å². The van der Waals surface area contributed by atoms with Gasteiger partial charge in [-0.2, -0.15) is 11.8 Å². The van der Waals surface area contributed by atoms with E-state index >= 15 is 0 Å². The number of thioether (sulfide) groups is 1. The Morgan fingerprint density at radius 2 is 1.83 bits per heavy atom. The lowest BCUT2D eigenvalue weighted by Crippen LogP contribution is -2.24. The molecule has 3 rings (SSSR count). The number of hydrogen-bond acceptors (Lipinski definition) is 5. The Morgan fingerprint density at radius 3 is 2.45 bits per heavy atom. The maximum Gasteiger partial charge on any atom is 0.230 e. The first-order valence-corrected chi connectivity index (χ1v) is 11.5. The van der Waals surface area contributed by atoms with Crippen molar-refractivity contribution in [2.75, 3.05) is 10.7 Å². The average Bonchev–Trinajstić information content (AvgIpc) is 3.13. The molecule has 0 spiro atoms. The molecule has 1 atom stereocenters. The Bertz CT molecular complexity index is 963. The molecule has 0 fully saturated rings. The second kappa shape index (κ2) is 9.57. The van der Waals surface area contributed by atoms with Gasteiger partial charge < -0.3 is 5.11 Å². The van der Waals surface area contributed by atoms with Crippen LogP contribution in [-0.2, 0) is 10.5 Å². The van der Waals surface area contributed by atoms with E-state index in [0.29, 0.717) is 16.6 Å². The largest absolute Gasteiger partial charge is 0.388 e. The molecule has 6 heteroatoms. The molecule has 0 radical (unpaired) electrons. The average molecular weight is 427 g/mol. The zero-order chi connectivity index (χ0) is 21.0. The molecule has 0 aliphatic heterocycles. The predicted octanol–water partition coefficient (Wildman–Crippen LogP) is 5.72. The fraction of sp³-hybridized carbons (Fsp3) is 0.304. The van der Waals surface area contributed by atoms with Gasteiger partial charge in [0.25, 0.3) is 0 Å². The smallest absolute Gasteiger partial charge is 0.230 e. The number of aromatic nitrogens is 1. The lowest BCUT2D eigenvalue weighted by atomic mass is 10.0. The van der Waals surface area contributed by atoms with Crippen LogP contribution in [0.5, 0.6) is 0 Å². The van der Waals surface area contributed by atoms with Crippen molar-refractivity contribution < 1.29 is 9.90 Å². The second-order valence-electron chi connectivity index (χ2n) is 7.16. The van der Waals surface area contributed by atoms with E-state index in [2.05, 4.69) is 19.1 Å². The number of carbonyl (C=O) groups is 1. The number of carbonyl (C=O) groups excluding carboxylic acids is 1. The van der Waals surface area contributed by atoms with E-state index in [9.17, 15) is 9.90 Å². The second-order valence-corrected chi connectivity index (χ2v) is 9.03. The Hall–Kier alpha value is -2.15. The molecule has 1 aromatic heterocycles. The highest BCUT2D eigenvalue weighted by Gasteiger charge is 2.22. The molecule has 0 aliphatic carbocycles. The molecule has 29 heavy (non-hydrogen) atoms. The standard InChI is InChI=1S/C23H26N2O2S2/c1-15-10-16(2)22(17(3)11-15)25(18(4)26)23-24-20(13-29-23)12-28-14-21(27)19-8-6-5-7-9-19/h5-11,13,21,27H,12,14H2,1-4H3. The van der Waals surface area contributed by atoms with Crippen LogP contribution in [0.15, 0.2) is 47.8 Å². The van der Waals surface area contributed by atoms with Crippen molar-refractivity contribution in [3.63, 3.8) is 0 Å². The molecule has 0 aliphatic rings. The van der Waals surface area contributed by atoms with Crippen LogP contribution < -0.4 is 4.90 Å². The van der Waals surface area contributed by atoms with Crippen molar-refractivity contribution in [2.45, 2.75) is 39.6 Å². The van der Waals surface area contributed by atoms with Gasteiger partial charge in [-0.25, -0.2) is 4.98 Å². The van der Waals surface area contributed by atoms with Gasteiger partial charge in [-0.05, 0) is 37.5 Å². The number of benzene rings is 2. The van der Waals surface area contributed by atoms with Crippen molar-refractivity contribution in [3.8, 4) is 0 Å².